The fraction of sp³-hybridized carbons (Fsp3) is 0.385. The van der Waals surface area contributed by atoms with Crippen molar-refractivity contribution in [2.45, 2.75) is 6.54 Å². The van der Waals surface area contributed by atoms with E-state index in [-0.39, 0.29) is 5.91 Å². The number of ether oxygens (including phenoxy) is 1. The second kappa shape index (κ2) is 8.10. The molecule has 1 aromatic carbocycles. The number of carbonyl (C=O) groups is 1. The van der Waals surface area contributed by atoms with E-state index in [2.05, 4.69) is 15.6 Å². The molecule has 0 radical (unpaired) electrons. The number of guanidine groups is 1. The van der Waals surface area contributed by atoms with E-state index in [4.69, 9.17) is 10.5 Å². The van der Waals surface area contributed by atoms with Gasteiger partial charge < -0.3 is 21.1 Å². The Morgan fingerprint density at radius 3 is 2.95 bits per heavy atom. The summed E-state index contributed by atoms with van der Waals surface area (Å²) in [4.78, 5) is 15.7. The van der Waals surface area contributed by atoms with E-state index in [1.54, 1.807) is 26.3 Å². The molecule has 19 heavy (non-hydrogen) atoms. The Hall–Kier alpha value is -2.08. The van der Waals surface area contributed by atoms with Crippen LogP contribution in [0.3, 0.4) is 0 Å². The molecule has 1 aromatic rings. The summed E-state index contributed by atoms with van der Waals surface area (Å²) in [6.07, 6.45) is 0. The zero-order chi connectivity index (χ0) is 14.1. The van der Waals surface area contributed by atoms with E-state index >= 15 is 0 Å². The summed E-state index contributed by atoms with van der Waals surface area (Å²) >= 11 is 0. The van der Waals surface area contributed by atoms with Gasteiger partial charge in [0.15, 0.2) is 5.96 Å². The van der Waals surface area contributed by atoms with Gasteiger partial charge in [0, 0.05) is 26.3 Å². The average Bonchev–Trinajstić information content (AvgIpc) is 2.45. The van der Waals surface area contributed by atoms with Gasteiger partial charge in [-0.2, -0.15) is 0 Å². The van der Waals surface area contributed by atoms with Gasteiger partial charge in [-0.15, -0.1) is 0 Å². The highest BCUT2D eigenvalue weighted by Crippen LogP contribution is 2.06. The van der Waals surface area contributed by atoms with Crippen LogP contribution in [0.25, 0.3) is 0 Å². The summed E-state index contributed by atoms with van der Waals surface area (Å²) < 4.78 is 4.89. The number of carbonyl (C=O) groups excluding carboxylic acids is 1. The Kier molecular flexibility index (Phi) is 6.38. The Labute approximate surface area is 113 Å². The molecule has 0 aliphatic carbocycles. The zero-order valence-corrected chi connectivity index (χ0v) is 11.3. The number of methoxy groups -OCH3 is 1. The standard InChI is InChI=1S/C13H20N4O2/c1-15-12(18)11-5-3-4-10(8-11)9-17-13(14)16-6-7-19-2/h3-5,8H,6-7,9H2,1-2H3,(H,15,18)(H3,14,16,17). The number of hydrogen-bond acceptors (Lipinski definition) is 3. The van der Waals surface area contributed by atoms with Crippen LogP contribution in [-0.4, -0.2) is 39.2 Å². The topological polar surface area (TPSA) is 88.7 Å². The molecule has 0 heterocycles. The molecule has 0 atom stereocenters. The molecule has 0 aliphatic rings. The molecular weight excluding hydrogens is 244 g/mol. The number of amides is 1. The second-order valence-electron chi connectivity index (χ2n) is 3.90. The van der Waals surface area contributed by atoms with Crippen LogP contribution in [0.2, 0.25) is 0 Å². The van der Waals surface area contributed by atoms with Crippen LogP contribution in [0.1, 0.15) is 15.9 Å². The van der Waals surface area contributed by atoms with Crippen molar-refractivity contribution in [2.24, 2.45) is 10.7 Å². The van der Waals surface area contributed by atoms with Gasteiger partial charge in [0.1, 0.15) is 0 Å². The molecule has 1 rings (SSSR count). The van der Waals surface area contributed by atoms with E-state index in [9.17, 15) is 4.79 Å². The molecule has 6 nitrogen and oxygen atoms in total. The lowest BCUT2D eigenvalue weighted by Crippen LogP contribution is -2.34. The second-order valence-corrected chi connectivity index (χ2v) is 3.90. The van der Waals surface area contributed by atoms with Crippen molar-refractivity contribution in [2.75, 3.05) is 27.3 Å². The summed E-state index contributed by atoms with van der Waals surface area (Å²) in [6.45, 7) is 1.61. The Morgan fingerprint density at radius 2 is 2.26 bits per heavy atom. The number of hydrogen-bond donors (Lipinski definition) is 3. The Morgan fingerprint density at radius 1 is 1.47 bits per heavy atom. The van der Waals surface area contributed by atoms with Gasteiger partial charge in [0.2, 0.25) is 0 Å². The summed E-state index contributed by atoms with van der Waals surface area (Å²) in [5.41, 5.74) is 7.23. The highest BCUT2D eigenvalue weighted by molar-refractivity contribution is 5.94. The monoisotopic (exact) mass is 264 g/mol. The molecule has 0 fully saturated rings. The van der Waals surface area contributed by atoms with Crippen molar-refractivity contribution < 1.29 is 9.53 Å². The van der Waals surface area contributed by atoms with Crippen LogP contribution < -0.4 is 16.4 Å². The van der Waals surface area contributed by atoms with Crippen molar-refractivity contribution in [3.8, 4) is 0 Å². The maximum absolute atomic E-state index is 11.5. The highest BCUT2D eigenvalue weighted by atomic mass is 16.5. The van der Waals surface area contributed by atoms with Crippen LogP contribution in [-0.2, 0) is 11.3 Å². The summed E-state index contributed by atoms with van der Waals surface area (Å²) in [7, 11) is 3.23. The minimum atomic E-state index is -0.114. The Balaban J connectivity index is 2.57. The van der Waals surface area contributed by atoms with Crippen LogP contribution in [0.4, 0.5) is 0 Å². The van der Waals surface area contributed by atoms with Gasteiger partial charge >= 0.3 is 0 Å². The zero-order valence-electron chi connectivity index (χ0n) is 11.3. The number of aliphatic imine (C=N–C) groups is 1. The predicted octanol–water partition coefficient (Wildman–Crippen LogP) is 0.0969. The molecule has 0 saturated carbocycles. The molecule has 4 N–H and O–H groups in total. The van der Waals surface area contributed by atoms with Gasteiger partial charge in [-0.1, -0.05) is 12.1 Å². The van der Waals surface area contributed by atoms with Gasteiger partial charge in [0.25, 0.3) is 5.91 Å². The minimum absolute atomic E-state index is 0.114. The molecule has 6 heteroatoms. The molecule has 104 valence electrons. The van der Waals surface area contributed by atoms with Crippen LogP contribution in [0.5, 0.6) is 0 Å². The third kappa shape index (κ3) is 5.39. The first-order valence-electron chi connectivity index (χ1n) is 6.01. The number of nitrogens with zero attached hydrogens (tertiary/aromatic N) is 1. The number of nitrogens with two attached hydrogens (primary N) is 1. The van der Waals surface area contributed by atoms with Crippen molar-refractivity contribution in [3.63, 3.8) is 0 Å². The molecule has 0 bridgehead atoms. The molecule has 1 amide bonds. The fourth-order valence-corrected chi connectivity index (χ4v) is 1.47. The first-order chi connectivity index (χ1) is 9.17. The van der Waals surface area contributed by atoms with Gasteiger partial charge in [-0.25, -0.2) is 4.99 Å². The maximum atomic E-state index is 11.5. The third-order valence-electron chi connectivity index (χ3n) is 2.46. The Bertz CT molecular complexity index is 446. The molecular formula is C13H20N4O2. The summed E-state index contributed by atoms with van der Waals surface area (Å²) in [5, 5.41) is 5.51. The quantitative estimate of drug-likeness (QED) is 0.386. The molecule has 0 aromatic heterocycles. The highest BCUT2D eigenvalue weighted by Gasteiger charge is 2.03. The van der Waals surface area contributed by atoms with Crippen LogP contribution in [0, 0.1) is 0 Å². The van der Waals surface area contributed by atoms with E-state index in [1.165, 1.54) is 0 Å². The largest absolute Gasteiger partial charge is 0.383 e. The van der Waals surface area contributed by atoms with Crippen molar-refractivity contribution in [1.29, 1.82) is 0 Å². The lowest BCUT2D eigenvalue weighted by molar-refractivity contribution is 0.0963. The third-order valence-corrected chi connectivity index (χ3v) is 2.46. The van der Waals surface area contributed by atoms with Gasteiger partial charge in [-0.3, -0.25) is 4.79 Å². The summed E-state index contributed by atoms with van der Waals surface area (Å²) in [6, 6.07) is 7.28. The smallest absolute Gasteiger partial charge is 0.251 e. The van der Waals surface area contributed by atoms with Crippen LogP contribution in [0.15, 0.2) is 29.3 Å². The molecule has 0 saturated heterocycles. The van der Waals surface area contributed by atoms with Crippen molar-refractivity contribution in [3.05, 3.63) is 35.4 Å². The first-order valence-corrected chi connectivity index (χ1v) is 6.01. The van der Waals surface area contributed by atoms with Gasteiger partial charge in [0.05, 0.1) is 13.2 Å². The minimum Gasteiger partial charge on any atom is -0.383 e. The maximum Gasteiger partial charge on any atom is 0.251 e. The molecule has 0 aliphatic heterocycles. The summed E-state index contributed by atoms with van der Waals surface area (Å²) in [5.74, 6) is 0.249. The number of nitrogens with one attached hydrogen (secondary N) is 2. The lowest BCUT2D eigenvalue weighted by Gasteiger charge is -2.05. The van der Waals surface area contributed by atoms with Crippen molar-refractivity contribution >= 4 is 11.9 Å². The van der Waals surface area contributed by atoms with E-state index in [0.717, 1.165) is 5.56 Å². The fourth-order valence-electron chi connectivity index (χ4n) is 1.47. The number of rotatable bonds is 6. The molecule has 0 unspecified atom stereocenters. The lowest BCUT2D eigenvalue weighted by atomic mass is 10.1. The predicted molar refractivity (Wildman–Crippen MR) is 75.0 cm³/mol. The van der Waals surface area contributed by atoms with Crippen molar-refractivity contribution in [1.82, 2.24) is 10.6 Å². The average molecular weight is 264 g/mol. The van der Waals surface area contributed by atoms with E-state index in [1.807, 2.05) is 12.1 Å². The SMILES string of the molecule is CNC(=O)c1cccc(CN=C(N)NCCOC)c1. The van der Waals surface area contributed by atoms with Crippen LogP contribution >= 0.6 is 0 Å². The normalized spacial score (nSPS) is 11.2. The van der Waals surface area contributed by atoms with E-state index in [0.29, 0.717) is 31.2 Å². The van der Waals surface area contributed by atoms with E-state index < -0.39 is 0 Å². The molecule has 0 spiro atoms. The van der Waals surface area contributed by atoms with Gasteiger partial charge in [-0.05, 0) is 17.7 Å². The number of benzene rings is 1. The first kappa shape index (κ1) is 15.0.